The number of carbonyl (C=O) groups is 1. The first kappa shape index (κ1) is 11.9. The number of halogens is 1. The molecule has 2 aromatic rings. The van der Waals surface area contributed by atoms with Crippen molar-refractivity contribution in [3.05, 3.63) is 40.7 Å². The summed E-state index contributed by atoms with van der Waals surface area (Å²) in [5, 5.41) is 4.87. The lowest BCUT2D eigenvalue weighted by Gasteiger charge is -2.02. The lowest BCUT2D eigenvalue weighted by molar-refractivity contribution is 0.101. The standard InChI is InChI=1S/C13H13ClN2O/c1-8-12(13(14)16(3)15-8)11-6-4-10(5-7-11)9(2)17/h4-7H,1-3H3. The molecular formula is C13H13ClN2O. The number of benzene rings is 1. The minimum atomic E-state index is 0.0607. The summed E-state index contributed by atoms with van der Waals surface area (Å²) in [6.07, 6.45) is 0. The van der Waals surface area contributed by atoms with Crippen LogP contribution in [0.15, 0.2) is 24.3 Å². The van der Waals surface area contributed by atoms with E-state index in [1.54, 1.807) is 23.7 Å². The fourth-order valence-electron chi connectivity index (χ4n) is 1.83. The molecule has 0 saturated carbocycles. The molecule has 0 amide bonds. The van der Waals surface area contributed by atoms with Gasteiger partial charge in [-0.3, -0.25) is 9.48 Å². The minimum absolute atomic E-state index is 0.0607. The number of carbonyl (C=O) groups excluding carboxylic acids is 1. The number of hydrogen-bond donors (Lipinski definition) is 0. The fourth-order valence-corrected chi connectivity index (χ4v) is 2.11. The third kappa shape index (κ3) is 2.11. The smallest absolute Gasteiger partial charge is 0.159 e. The molecular weight excluding hydrogens is 236 g/mol. The number of hydrogen-bond acceptors (Lipinski definition) is 2. The molecule has 0 bridgehead atoms. The molecule has 0 aliphatic heterocycles. The highest BCUT2D eigenvalue weighted by molar-refractivity contribution is 6.32. The molecule has 0 fully saturated rings. The first-order valence-corrected chi connectivity index (χ1v) is 5.69. The van der Waals surface area contributed by atoms with Gasteiger partial charge in [-0.15, -0.1) is 0 Å². The average Bonchev–Trinajstić information content (AvgIpc) is 2.53. The molecule has 17 heavy (non-hydrogen) atoms. The van der Waals surface area contributed by atoms with Crippen molar-refractivity contribution in [2.75, 3.05) is 0 Å². The highest BCUT2D eigenvalue weighted by Crippen LogP contribution is 2.30. The molecule has 0 aliphatic carbocycles. The van der Waals surface area contributed by atoms with Crippen LogP contribution in [-0.2, 0) is 7.05 Å². The SMILES string of the molecule is CC(=O)c1ccc(-c2c(C)nn(C)c2Cl)cc1. The van der Waals surface area contributed by atoms with Gasteiger partial charge in [0.15, 0.2) is 5.78 Å². The van der Waals surface area contributed by atoms with Gasteiger partial charge in [0.25, 0.3) is 0 Å². The predicted molar refractivity (Wildman–Crippen MR) is 68.4 cm³/mol. The molecule has 0 unspecified atom stereocenters. The molecule has 0 radical (unpaired) electrons. The second kappa shape index (κ2) is 4.34. The summed E-state index contributed by atoms with van der Waals surface area (Å²) in [5.74, 6) is 0.0607. The average molecular weight is 249 g/mol. The molecule has 1 heterocycles. The lowest BCUT2D eigenvalue weighted by atomic mass is 10.0. The van der Waals surface area contributed by atoms with E-state index in [1.165, 1.54) is 0 Å². The van der Waals surface area contributed by atoms with Crippen LogP contribution in [0.5, 0.6) is 0 Å². The number of Topliss-reactive ketones (excluding diaryl/α,β-unsaturated/α-hetero) is 1. The maximum atomic E-state index is 11.2. The zero-order valence-electron chi connectivity index (χ0n) is 9.99. The highest BCUT2D eigenvalue weighted by atomic mass is 35.5. The van der Waals surface area contributed by atoms with Gasteiger partial charge in [0.1, 0.15) is 5.15 Å². The Balaban J connectivity index is 2.50. The normalized spacial score (nSPS) is 10.6. The summed E-state index contributed by atoms with van der Waals surface area (Å²) in [4.78, 5) is 11.2. The third-order valence-corrected chi connectivity index (χ3v) is 3.17. The van der Waals surface area contributed by atoms with E-state index in [1.807, 2.05) is 26.1 Å². The Morgan fingerprint density at radius 1 is 1.29 bits per heavy atom. The Morgan fingerprint density at radius 3 is 2.29 bits per heavy atom. The van der Waals surface area contributed by atoms with E-state index < -0.39 is 0 Å². The lowest BCUT2D eigenvalue weighted by Crippen LogP contribution is -1.91. The summed E-state index contributed by atoms with van der Waals surface area (Å²) >= 11 is 6.18. The first-order chi connectivity index (χ1) is 8.00. The van der Waals surface area contributed by atoms with Gasteiger partial charge in [0, 0.05) is 18.2 Å². The summed E-state index contributed by atoms with van der Waals surface area (Å²) < 4.78 is 1.64. The van der Waals surface area contributed by atoms with Crippen molar-refractivity contribution in [2.45, 2.75) is 13.8 Å². The minimum Gasteiger partial charge on any atom is -0.295 e. The second-order valence-electron chi connectivity index (χ2n) is 4.01. The van der Waals surface area contributed by atoms with Gasteiger partial charge in [-0.05, 0) is 19.4 Å². The zero-order valence-corrected chi connectivity index (χ0v) is 10.7. The molecule has 0 atom stereocenters. The number of aromatic nitrogens is 2. The van der Waals surface area contributed by atoms with Gasteiger partial charge in [0.05, 0.1) is 5.69 Å². The summed E-state index contributed by atoms with van der Waals surface area (Å²) in [6, 6.07) is 7.40. The maximum absolute atomic E-state index is 11.2. The van der Waals surface area contributed by atoms with Gasteiger partial charge < -0.3 is 0 Å². The summed E-state index contributed by atoms with van der Waals surface area (Å²) in [7, 11) is 1.81. The van der Waals surface area contributed by atoms with E-state index >= 15 is 0 Å². The van der Waals surface area contributed by atoms with E-state index in [-0.39, 0.29) is 5.78 Å². The first-order valence-electron chi connectivity index (χ1n) is 5.31. The van der Waals surface area contributed by atoms with Crippen molar-refractivity contribution in [3.63, 3.8) is 0 Å². The molecule has 4 heteroatoms. The maximum Gasteiger partial charge on any atom is 0.159 e. The predicted octanol–water partition coefficient (Wildman–Crippen LogP) is 3.25. The zero-order chi connectivity index (χ0) is 12.6. The van der Waals surface area contributed by atoms with Crippen molar-refractivity contribution in [2.24, 2.45) is 7.05 Å². The van der Waals surface area contributed by atoms with Crippen LogP contribution >= 0.6 is 11.6 Å². The van der Waals surface area contributed by atoms with Crippen LogP contribution in [0.25, 0.3) is 11.1 Å². The number of aryl methyl sites for hydroxylation is 2. The molecule has 1 aromatic carbocycles. The van der Waals surface area contributed by atoms with Crippen LogP contribution < -0.4 is 0 Å². The van der Waals surface area contributed by atoms with Crippen LogP contribution in [0, 0.1) is 6.92 Å². The van der Waals surface area contributed by atoms with Crippen molar-refractivity contribution >= 4 is 17.4 Å². The molecule has 3 nitrogen and oxygen atoms in total. The van der Waals surface area contributed by atoms with Crippen LogP contribution in [0.1, 0.15) is 23.0 Å². The van der Waals surface area contributed by atoms with Crippen LogP contribution in [0.2, 0.25) is 5.15 Å². The van der Waals surface area contributed by atoms with E-state index in [9.17, 15) is 4.79 Å². The molecule has 0 N–H and O–H groups in total. The molecule has 1 aromatic heterocycles. The monoisotopic (exact) mass is 248 g/mol. The topological polar surface area (TPSA) is 34.9 Å². The Morgan fingerprint density at radius 2 is 1.88 bits per heavy atom. The van der Waals surface area contributed by atoms with Gasteiger partial charge in [0.2, 0.25) is 0 Å². The van der Waals surface area contributed by atoms with E-state index in [0.717, 1.165) is 16.8 Å². The highest BCUT2D eigenvalue weighted by Gasteiger charge is 2.13. The Labute approximate surface area is 105 Å². The molecule has 0 spiro atoms. The molecule has 2 rings (SSSR count). The van der Waals surface area contributed by atoms with Crippen molar-refractivity contribution in [3.8, 4) is 11.1 Å². The Hall–Kier alpha value is -1.61. The summed E-state index contributed by atoms with van der Waals surface area (Å²) in [5.41, 5.74) is 3.48. The largest absolute Gasteiger partial charge is 0.295 e. The Kier molecular flexibility index (Phi) is 3.03. The quantitative estimate of drug-likeness (QED) is 0.765. The fraction of sp³-hybridized carbons (Fsp3) is 0.231. The Bertz CT molecular complexity index is 570. The third-order valence-electron chi connectivity index (χ3n) is 2.73. The van der Waals surface area contributed by atoms with E-state index in [0.29, 0.717) is 10.7 Å². The second-order valence-corrected chi connectivity index (χ2v) is 4.37. The van der Waals surface area contributed by atoms with Gasteiger partial charge in [-0.1, -0.05) is 35.9 Å². The molecule has 0 saturated heterocycles. The van der Waals surface area contributed by atoms with Crippen molar-refractivity contribution in [1.82, 2.24) is 9.78 Å². The number of ketones is 1. The van der Waals surface area contributed by atoms with Crippen molar-refractivity contribution in [1.29, 1.82) is 0 Å². The molecule has 88 valence electrons. The van der Waals surface area contributed by atoms with Crippen LogP contribution in [-0.4, -0.2) is 15.6 Å². The number of nitrogens with zero attached hydrogens (tertiary/aromatic N) is 2. The van der Waals surface area contributed by atoms with E-state index in [2.05, 4.69) is 5.10 Å². The van der Waals surface area contributed by atoms with Crippen LogP contribution in [0.3, 0.4) is 0 Å². The molecule has 0 aliphatic rings. The van der Waals surface area contributed by atoms with Gasteiger partial charge in [-0.2, -0.15) is 5.10 Å². The van der Waals surface area contributed by atoms with Crippen molar-refractivity contribution < 1.29 is 4.79 Å². The summed E-state index contributed by atoms with van der Waals surface area (Å²) in [6.45, 7) is 3.47. The van der Waals surface area contributed by atoms with Gasteiger partial charge in [-0.25, -0.2) is 0 Å². The number of rotatable bonds is 2. The van der Waals surface area contributed by atoms with Crippen LogP contribution in [0.4, 0.5) is 0 Å². The van der Waals surface area contributed by atoms with E-state index in [4.69, 9.17) is 11.6 Å². The van der Waals surface area contributed by atoms with Gasteiger partial charge >= 0.3 is 0 Å².